The molecule has 0 saturated carbocycles. The Balaban J connectivity index is 2.75. The van der Waals surface area contributed by atoms with Gasteiger partial charge in [-0.2, -0.15) is 0 Å². The Morgan fingerprint density at radius 3 is 2.42 bits per heavy atom. The number of benzene rings is 1. The van der Waals surface area contributed by atoms with Gasteiger partial charge in [0.25, 0.3) is 0 Å². The number of rotatable bonds is 7. The van der Waals surface area contributed by atoms with E-state index < -0.39 is 14.0 Å². The number of hydrogen-bond acceptors (Lipinski definition) is 4. The van der Waals surface area contributed by atoms with E-state index in [1.54, 1.807) is 0 Å². The van der Waals surface area contributed by atoms with Crippen molar-refractivity contribution in [2.75, 3.05) is 33.8 Å². The minimum Gasteiger partial charge on any atom is -0.468 e. The Morgan fingerprint density at radius 1 is 1.19 bits per heavy atom. The molecule has 0 bridgehead atoms. The summed E-state index contributed by atoms with van der Waals surface area (Å²) in [7, 11) is 1.67. The van der Waals surface area contributed by atoms with Gasteiger partial charge in [-0.05, 0) is 18.7 Å². The summed E-state index contributed by atoms with van der Waals surface area (Å²) in [6, 6.07) is 7.90. The maximum atomic E-state index is 12.6. The average molecular weight is 439 g/mol. The van der Waals surface area contributed by atoms with Crippen LogP contribution in [0.2, 0.25) is 19.6 Å². The molecular formula is C19H27BrN2O3Si. The molecule has 0 radical (unpaired) electrons. The highest BCUT2D eigenvalue weighted by atomic mass is 79.9. The minimum atomic E-state index is -1.53. The van der Waals surface area contributed by atoms with Crippen LogP contribution in [0.4, 0.5) is 0 Å². The van der Waals surface area contributed by atoms with Crippen molar-refractivity contribution in [3.05, 3.63) is 34.3 Å². The van der Waals surface area contributed by atoms with E-state index >= 15 is 0 Å². The van der Waals surface area contributed by atoms with Crippen LogP contribution < -0.4 is 0 Å². The van der Waals surface area contributed by atoms with Crippen LogP contribution in [-0.2, 0) is 20.9 Å². The number of hydrogen-bond donors (Lipinski definition) is 0. The first-order chi connectivity index (χ1) is 12.1. The summed E-state index contributed by atoms with van der Waals surface area (Å²) in [6.07, 6.45) is 0. The van der Waals surface area contributed by atoms with Crippen LogP contribution in [0.1, 0.15) is 5.56 Å². The second kappa shape index (κ2) is 10.5. The third-order valence-electron chi connectivity index (χ3n) is 3.44. The van der Waals surface area contributed by atoms with Crippen molar-refractivity contribution in [1.29, 1.82) is 0 Å². The molecule has 0 aliphatic rings. The second-order valence-corrected chi connectivity index (χ2v) is 12.7. The van der Waals surface area contributed by atoms with Crippen molar-refractivity contribution in [3.63, 3.8) is 0 Å². The van der Waals surface area contributed by atoms with Gasteiger partial charge in [0.1, 0.15) is 14.6 Å². The number of likely N-dealkylation sites (N-methyl/N-ethyl adjacent to an activating group) is 1. The van der Waals surface area contributed by atoms with Gasteiger partial charge in [0.15, 0.2) is 0 Å². The zero-order valence-corrected chi connectivity index (χ0v) is 18.7. The van der Waals surface area contributed by atoms with E-state index in [0.29, 0.717) is 6.54 Å². The molecule has 0 fully saturated rings. The Morgan fingerprint density at radius 2 is 1.85 bits per heavy atom. The molecule has 0 saturated heterocycles. The summed E-state index contributed by atoms with van der Waals surface area (Å²) in [5.41, 5.74) is 4.32. The van der Waals surface area contributed by atoms with Gasteiger partial charge in [0.05, 0.1) is 20.2 Å². The Bertz CT molecular complexity index is 692. The molecule has 26 heavy (non-hydrogen) atoms. The minimum absolute atomic E-state index is 0.0847. The summed E-state index contributed by atoms with van der Waals surface area (Å²) >= 11 is 3.52. The Labute approximate surface area is 165 Å². The molecule has 1 amide bonds. The molecule has 0 aromatic heterocycles. The van der Waals surface area contributed by atoms with Crippen LogP contribution >= 0.6 is 15.9 Å². The molecule has 0 heterocycles. The van der Waals surface area contributed by atoms with Crippen molar-refractivity contribution >= 4 is 35.9 Å². The number of methoxy groups -OCH3 is 1. The predicted molar refractivity (Wildman–Crippen MR) is 110 cm³/mol. The van der Waals surface area contributed by atoms with E-state index in [9.17, 15) is 9.59 Å². The first kappa shape index (κ1) is 22.4. The van der Waals surface area contributed by atoms with Crippen molar-refractivity contribution in [2.24, 2.45) is 0 Å². The molecule has 0 aliphatic carbocycles. The molecule has 142 valence electrons. The standard InChI is InChI=1S/C19H27BrN2O3Si/c1-21(13-16-9-6-7-10-17(16)20)14-18(23)22(15-19(24)25-2)11-8-12-26(3,4)5/h6-7,9-10H,11,13-15H2,1-5H3. The predicted octanol–water partition coefficient (Wildman–Crippen LogP) is 2.76. The third-order valence-corrected chi connectivity index (χ3v) is 5.14. The average Bonchev–Trinajstić information content (AvgIpc) is 2.54. The molecule has 1 aromatic rings. The number of carbonyl (C=O) groups excluding carboxylic acids is 2. The molecule has 0 N–H and O–H groups in total. The number of carbonyl (C=O) groups is 2. The Hall–Kier alpha value is -1.62. The lowest BCUT2D eigenvalue weighted by atomic mass is 10.2. The zero-order chi connectivity index (χ0) is 19.7. The topological polar surface area (TPSA) is 49.9 Å². The van der Waals surface area contributed by atoms with Crippen molar-refractivity contribution in [3.8, 4) is 11.5 Å². The first-order valence-corrected chi connectivity index (χ1v) is 12.7. The fourth-order valence-electron chi connectivity index (χ4n) is 2.16. The molecule has 0 aliphatic heterocycles. The molecule has 0 atom stereocenters. The van der Waals surface area contributed by atoms with Gasteiger partial charge in [0.2, 0.25) is 5.91 Å². The van der Waals surface area contributed by atoms with E-state index in [1.165, 1.54) is 12.0 Å². The SMILES string of the molecule is COC(=O)CN(CC#C[Si](C)(C)C)C(=O)CN(C)Cc1ccccc1Br. The second-order valence-electron chi connectivity index (χ2n) is 7.14. The van der Waals surface area contributed by atoms with Crippen LogP contribution in [0.3, 0.4) is 0 Å². The van der Waals surface area contributed by atoms with Gasteiger partial charge in [-0.15, -0.1) is 5.54 Å². The number of amides is 1. The highest BCUT2D eigenvalue weighted by Crippen LogP contribution is 2.17. The number of nitrogens with zero attached hydrogens (tertiary/aromatic N) is 2. The normalized spacial score (nSPS) is 10.9. The van der Waals surface area contributed by atoms with Crippen LogP contribution in [-0.4, -0.2) is 63.5 Å². The molecular weight excluding hydrogens is 412 g/mol. The van der Waals surface area contributed by atoms with Gasteiger partial charge >= 0.3 is 5.97 Å². The fourth-order valence-corrected chi connectivity index (χ4v) is 3.18. The largest absolute Gasteiger partial charge is 0.468 e. The number of esters is 1. The highest BCUT2D eigenvalue weighted by Gasteiger charge is 2.19. The lowest BCUT2D eigenvalue weighted by molar-refractivity contribution is -0.146. The highest BCUT2D eigenvalue weighted by molar-refractivity contribution is 9.10. The van der Waals surface area contributed by atoms with Crippen LogP contribution in [0.15, 0.2) is 28.7 Å². The van der Waals surface area contributed by atoms with E-state index in [4.69, 9.17) is 4.74 Å². The fraction of sp³-hybridized carbons (Fsp3) is 0.474. The summed E-state index contributed by atoms with van der Waals surface area (Å²) < 4.78 is 5.71. The summed E-state index contributed by atoms with van der Waals surface area (Å²) in [6.45, 7) is 7.39. The van der Waals surface area contributed by atoms with Crippen LogP contribution in [0.25, 0.3) is 0 Å². The summed E-state index contributed by atoms with van der Waals surface area (Å²) in [4.78, 5) is 27.6. The maximum Gasteiger partial charge on any atom is 0.325 e. The van der Waals surface area contributed by atoms with Gasteiger partial charge in [-0.25, -0.2) is 0 Å². The zero-order valence-electron chi connectivity index (χ0n) is 16.1. The third kappa shape index (κ3) is 8.65. The number of halogens is 1. The van der Waals surface area contributed by atoms with E-state index in [0.717, 1.165) is 10.0 Å². The Kier molecular flexibility index (Phi) is 9.06. The molecule has 0 unspecified atom stereocenters. The molecule has 1 rings (SSSR count). The molecule has 7 heteroatoms. The first-order valence-electron chi connectivity index (χ1n) is 8.39. The molecule has 1 aromatic carbocycles. The van der Waals surface area contributed by atoms with Crippen LogP contribution in [0.5, 0.6) is 0 Å². The van der Waals surface area contributed by atoms with E-state index in [-0.39, 0.29) is 25.5 Å². The quantitative estimate of drug-likeness (QED) is 0.373. The lowest BCUT2D eigenvalue weighted by Crippen LogP contribution is -2.42. The maximum absolute atomic E-state index is 12.6. The monoisotopic (exact) mass is 438 g/mol. The van der Waals surface area contributed by atoms with Crippen molar-refractivity contribution < 1.29 is 14.3 Å². The number of ether oxygens (including phenoxy) is 1. The van der Waals surface area contributed by atoms with Gasteiger partial charge in [-0.3, -0.25) is 14.5 Å². The lowest BCUT2D eigenvalue weighted by Gasteiger charge is -2.23. The smallest absolute Gasteiger partial charge is 0.325 e. The summed E-state index contributed by atoms with van der Waals surface area (Å²) in [5, 5.41) is 0. The van der Waals surface area contributed by atoms with Gasteiger partial charge < -0.3 is 9.64 Å². The van der Waals surface area contributed by atoms with E-state index in [2.05, 4.69) is 47.0 Å². The van der Waals surface area contributed by atoms with Gasteiger partial charge in [-0.1, -0.05) is 59.7 Å². The van der Waals surface area contributed by atoms with Crippen molar-refractivity contribution in [2.45, 2.75) is 26.2 Å². The van der Waals surface area contributed by atoms with Crippen molar-refractivity contribution in [1.82, 2.24) is 9.80 Å². The molecule has 5 nitrogen and oxygen atoms in total. The van der Waals surface area contributed by atoms with Crippen LogP contribution in [0, 0.1) is 11.5 Å². The van der Waals surface area contributed by atoms with E-state index in [1.807, 2.05) is 36.2 Å². The molecule has 0 spiro atoms. The summed E-state index contributed by atoms with van der Waals surface area (Å²) in [5.74, 6) is 2.46. The van der Waals surface area contributed by atoms with Gasteiger partial charge in [0, 0.05) is 11.0 Å².